The van der Waals surface area contributed by atoms with Crippen LogP contribution in [0, 0.1) is 0 Å². The fraction of sp³-hybridized carbons (Fsp3) is 0.789. The summed E-state index contributed by atoms with van der Waals surface area (Å²) in [6.45, 7) is 4.52. The number of hydrogen-bond acceptors (Lipinski definition) is 11. The molecule has 0 saturated heterocycles. The van der Waals surface area contributed by atoms with Crippen LogP contribution in [0.5, 0.6) is 0 Å². The Hall–Kier alpha value is -2.57. The van der Waals surface area contributed by atoms with Crippen LogP contribution in [-0.2, 0) is 42.1 Å². The third-order valence-electron chi connectivity index (χ3n) is 3.41. The third kappa shape index (κ3) is 16.1. The van der Waals surface area contributed by atoms with Gasteiger partial charge in [0.25, 0.3) is 0 Å². The van der Waals surface area contributed by atoms with Gasteiger partial charge >= 0.3 is 26.0 Å². The van der Waals surface area contributed by atoms with Gasteiger partial charge in [0.1, 0.15) is 19.8 Å². The summed E-state index contributed by atoms with van der Waals surface area (Å²) in [5.74, 6) is -0.888. The van der Waals surface area contributed by atoms with E-state index in [2.05, 4.69) is 4.76 Å². The lowest BCUT2D eigenvalue weighted by atomic mass is 10.5. The fourth-order valence-corrected chi connectivity index (χ4v) is 3.05. The Morgan fingerprint density at radius 3 is 1.59 bits per heavy atom. The molecule has 0 amide bonds. The zero-order chi connectivity index (χ0) is 25.8. The van der Waals surface area contributed by atoms with Gasteiger partial charge in [-0.15, -0.1) is 4.76 Å². The summed E-state index contributed by atoms with van der Waals surface area (Å²) < 4.78 is 51.1. The molecule has 0 aliphatic heterocycles. The van der Waals surface area contributed by atoms with E-state index in [0.717, 1.165) is 0 Å². The zero-order valence-corrected chi connectivity index (χ0v) is 21.1. The smallest absolute Gasteiger partial charge is 0.464 e. The molecule has 0 spiro atoms. The molecule has 0 aromatic carbocycles. The van der Waals surface area contributed by atoms with Crippen molar-refractivity contribution in [1.82, 2.24) is 4.90 Å². The number of rotatable bonds is 17. The molecule has 0 bridgehead atoms. The second-order valence-corrected chi connectivity index (χ2v) is 8.22. The summed E-state index contributed by atoms with van der Waals surface area (Å²) in [5.41, 5.74) is 5.82. The largest absolute Gasteiger partial charge is 0.508 e. The lowest BCUT2D eigenvalue weighted by molar-refractivity contribution is -0.143. The molecular weight excluding hydrogens is 477 g/mol. The molecule has 0 atom stereocenters. The minimum atomic E-state index is -4.25. The number of nitrogens with two attached hydrogens (primary N) is 1. The highest BCUT2D eigenvalue weighted by Gasteiger charge is 2.27. The SMILES string of the molecule is CCCOC(=O)CN(C)C(N)=NP(=O)(OCCOC(=O)OCCC)OCCOC(=O)OCCC. The quantitative estimate of drug-likeness (QED) is 0.0750. The molecule has 0 aromatic heterocycles. The van der Waals surface area contributed by atoms with Crippen LogP contribution < -0.4 is 5.73 Å². The molecule has 0 unspecified atom stereocenters. The van der Waals surface area contributed by atoms with Crippen LogP contribution in [0.3, 0.4) is 0 Å². The van der Waals surface area contributed by atoms with E-state index in [1.165, 1.54) is 11.9 Å². The number of carbonyl (C=O) groups excluding carboxylic acids is 3. The molecule has 2 N–H and O–H groups in total. The van der Waals surface area contributed by atoms with E-state index in [0.29, 0.717) is 19.3 Å². The first-order valence-electron chi connectivity index (χ1n) is 10.9. The van der Waals surface area contributed by atoms with Gasteiger partial charge in [-0.2, -0.15) is 0 Å². The number of carbonyl (C=O) groups is 3. The van der Waals surface area contributed by atoms with Crippen LogP contribution in [0.2, 0.25) is 0 Å². The van der Waals surface area contributed by atoms with Gasteiger partial charge in [-0.25, -0.2) is 14.2 Å². The average molecular weight is 513 g/mol. The topological polar surface area (TPSA) is 175 Å². The van der Waals surface area contributed by atoms with Gasteiger partial charge in [-0.3, -0.25) is 13.8 Å². The van der Waals surface area contributed by atoms with E-state index in [-0.39, 0.29) is 58.8 Å². The van der Waals surface area contributed by atoms with E-state index < -0.39 is 26.0 Å². The van der Waals surface area contributed by atoms with Gasteiger partial charge < -0.3 is 34.3 Å². The second-order valence-electron chi connectivity index (χ2n) is 6.56. The standard InChI is InChI=1S/C19H36N3O11P/c1-5-8-27-16(23)15-22(4)17(20)21-34(26,32-13-11-30-18(24)28-9-6-2)33-14-12-31-19(25)29-10-7-3/h5-15H2,1-4H3,(H2,20,21,26). The normalized spacial score (nSPS) is 11.5. The maximum atomic E-state index is 13.0. The highest BCUT2D eigenvalue weighted by atomic mass is 31.2. The Bertz CT molecular complexity index is 658. The van der Waals surface area contributed by atoms with Crippen LogP contribution in [0.1, 0.15) is 40.0 Å². The summed E-state index contributed by atoms with van der Waals surface area (Å²) in [7, 11) is -2.82. The number of nitrogens with zero attached hydrogens (tertiary/aromatic N) is 2. The van der Waals surface area contributed by atoms with Crippen molar-refractivity contribution in [3.8, 4) is 0 Å². The maximum absolute atomic E-state index is 13.0. The van der Waals surface area contributed by atoms with Crippen molar-refractivity contribution in [2.75, 3.05) is 59.8 Å². The first-order valence-corrected chi connectivity index (χ1v) is 12.4. The van der Waals surface area contributed by atoms with E-state index in [1.807, 2.05) is 20.8 Å². The molecule has 198 valence electrons. The summed E-state index contributed by atoms with van der Waals surface area (Å²) in [4.78, 5) is 35.7. The van der Waals surface area contributed by atoms with Crippen molar-refractivity contribution >= 4 is 32.0 Å². The molecule has 0 radical (unpaired) electrons. The second kappa shape index (κ2) is 18.8. The lowest BCUT2D eigenvalue weighted by Gasteiger charge is -2.20. The van der Waals surface area contributed by atoms with Crippen LogP contribution in [0.15, 0.2) is 4.76 Å². The van der Waals surface area contributed by atoms with Crippen molar-refractivity contribution < 1.29 is 51.7 Å². The molecule has 0 heterocycles. The summed E-state index contributed by atoms with van der Waals surface area (Å²) in [6.07, 6.45) is 0.0757. The van der Waals surface area contributed by atoms with Gasteiger partial charge in [-0.05, 0) is 19.3 Å². The molecular formula is C19H36N3O11P. The summed E-state index contributed by atoms with van der Waals surface area (Å²) in [5, 5.41) is 0. The number of likely N-dealkylation sites (N-methyl/N-ethyl adjacent to an activating group) is 1. The Morgan fingerprint density at radius 1 is 0.735 bits per heavy atom. The number of guanidine groups is 1. The Kier molecular flexibility index (Phi) is 17.4. The van der Waals surface area contributed by atoms with E-state index in [9.17, 15) is 18.9 Å². The van der Waals surface area contributed by atoms with Crippen molar-refractivity contribution in [2.24, 2.45) is 10.5 Å². The van der Waals surface area contributed by atoms with Gasteiger partial charge in [-0.1, -0.05) is 20.8 Å². The van der Waals surface area contributed by atoms with Gasteiger partial charge in [0, 0.05) is 7.05 Å². The highest BCUT2D eigenvalue weighted by molar-refractivity contribution is 7.52. The third-order valence-corrected chi connectivity index (χ3v) is 4.88. The molecule has 0 fully saturated rings. The molecule has 0 aliphatic carbocycles. The molecule has 0 rings (SSSR count). The van der Waals surface area contributed by atoms with Gasteiger partial charge in [0.2, 0.25) is 5.96 Å². The van der Waals surface area contributed by atoms with Crippen molar-refractivity contribution in [2.45, 2.75) is 40.0 Å². The molecule has 0 saturated carbocycles. The predicted octanol–water partition coefficient (Wildman–Crippen LogP) is 2.45. The van der Waals surface area contributed by atoms with E-state index in [4.69, 9.17) is 38.5 Å². The van der Waals surface area contributed by atoms with Crippen LogP contribution >= 0.6 is 7.75 Å². The number of esters is 1. The Labute approximate surface area is 199 Å². The zero-order valence-electron chi connectivity index (χ0n) is 20.2. The highest BCUT2D eigenvalue weighted by Crippen LogP contribution is 2.49. The molecule has 14 nitrogen and oxygen atoms in total. The minimum Gasteiger partial charge on any atom is -0.464 e. The number of ether oxygens (including phenoxy) is 5. The Balaban J connectivity index is 4.96. The van der Waals surface area contributed by atoms with Gasteiger partial charge in [0.15, 0.2) is 0 Å². The first kappa shape index (κ1) is 31.4. The molecule has 15 heteroatoms. The summed E-state index contributed by atoms with van der Waals surface area (Å²) >= 11 is 0. The first-order chi connectivity index (χ1) is 16.2. The maximum Gasteiger partial charge on any atom is 0.508 e. The number of hydrogen-bond donors (Lipinski definition) is 1. The van der Waals surface area contributed by atoms with E-state index in [1.54, 1.807) is 0 Å². The molecule has 34 heavy (non-hydrogen) atoms. The van der Waals surface area contributed by atoms with Crippen molar-refractivity contribution in [1.29, 1.82) is 0 Å². The lowest BCUT2D eigenvalue weighted by Crippen LogP contribution is -2.38. The van der Waals surface area contributed by atoms with Crippen molar-refractivity contribution in [3.05, 3.63) is 0 Å². The van der Waals surface area contributed by atoms with Crippen molar-refractivity contribution in [3.63, 3.8) is 0 Å². The monoisotopic (exact) mass is 513 g/mol. The fourth-order valence-electron chi connectivity index (χ4n) is 1.84. The molecule has 0 aromatic rings. The van der Waals surface area contributed by atoms with Crippen LogP contribution in [0.4, 0.5) is 9.59 Å². The minimum absolute atomic E-state index is 0.190. The van der Waals surface area contributed by atoms with Gasteiger partial charge in [0.05, 0.1) is 33.0 Å². The average Bonchev–Trinajstić information content (AvgIpc) is 2.80. The van der Waals surface area contributed by atoms with E-state index >= 15 is 0 Å². The van der Waals surface area contributed by atoms with Crippen LogP contribution in [-0.4, -0.2) is 89.0 Å². The van der Waals surface area contributed by atoms with Crippen LogP contribution in [0.25, 0.3) is 0 Å². The Morgan fingerprint density at radius 2 is 1.15 bits per heavy atom. The summed E-state index contributed by atoms with van der Waals surface area (Å²) in [6, 6.07) is 0. The predicted molar refractivity (Wildman–Crippen MR) is 120 cm³/mol. The molecule has 0 aliphatic rings.